The second-order valence-corrected chi connectivity index (χ2v) is 4.94. The van der Waals surface area contributed by atoms with Crippen LogP contribution in [-0.4, -0.2) is 13.1 Å². The summed E-state index contributed by atoms with van der Waals surface area (Å²) in [5, 5.41) is 3.47. The molecular weight excluding hydrogens is 182 g/mol. The van der Waals surface area contributed by atoms with Gasteiger partial charge in [-0.25, -0.2) is 0 Å². The van der Waals surface area contributed by atoms with Gasteiger partial charge in [0, 0.05) is 6.54 Å². The Morgan fingerprint density at radius 1 is 1.20 bits per heavy atom. The van der Waals surface area contributed by atoms with Gasteiger partial charge in [-0.15, -0.1) is 0 Å². The molecule has 0 amide bonds. The van der Waals surface area contributed by atoms with Crippen molar-refractivity contribution >= 4 is 0 Å². The zero-order valence-electron chi connectivity index (χ0n) is 10.5. The van der Waals surface area contributed by atoms with Gasteiger partial charge in [0.2, 0.25) is 0 Å². The van der Waals surface area contributed by atoms with Crippen molar-refractivity contribution in [1.82, 2.24) is 5.32 Å². The molecule has 0 aromatic heterocycles. The minimum absolute atomic E-state index is 0.871. The van der Waals surface area contributed by atoms with Crippen LogP contribution in [0.15, 0.2) is 11.6 Å². The first-order valence-corrected chi connectivity index (χ1v) is 6.71. The molecule has 0 aromatic carbocycles. The summed E-state index contributed by atoms with van der Waals surface area (Å²) in [5.74, 6) is 0.871. The smallest absolute Gasteiger partial charge is 0.0161 e. The molecule has 88 valence electrons. The lowest BCUT2D eigenvalue weighted by atomic mass is 9.98. The molecule has 1 nitrogen and oxygen atoms in total. The quantitative estimate of drug-likeness (QED) is 0.411. The molecule has 0 unspecified atom stereocenters. The molecule has 1 heteroatoms. The van der Waals surface area contributed by atoms with Crippen LogP contribution in [0, 0.1) is 5.92 Å². The van der Waals surface area contributed by atoms with Crippen molar-refractivity contribution in [2.24, 2.45) is 5.92 Å². The Morgan fingerprint density at radius 2 is 1.87 bits per heavy atom. The van der Waals surface area contributed by atoms with E-state index in [4.69, 9.17) is 0 Å². The molecule has 1 saturated carbocycles. The molecule has 0 aromatic rings. The van der Waals surface area contributed by atoms with Gasteiger partial charge in [-0.05, 0) is 38.6 Å². The summed E-state index contributed by atoms with van der Waals surface area (Å²) < 4.78 is 0. The highest BCUT2D eigenvalue weighted by Gasteiger charge is 2.09. The number of allylic oxidation sites excluding steroid dienone is 1. The molecule has 0 heterocycles. The molecule has 1 fully saturated rings. The first-order chi connectivity index (χ1) is 7.33. The Hall–Kier alpha value is -0.300. The van der Waals surface area contributed by atoms with Crippen LogP contribution in [0.5, 0.6) is 0 Å². The molecule has 1 aliphatic rings. The Balaban J connectivity index is 2.25. The number of nitrogens with one attached hydrogen (secondary N) is 1. The summed E-state index contributed by atoms with van der Waals surface area (Å²) in [5.41, 5.74) is 1.54. The summed E-state index contributed by atoms with van der Waals surface area (Å²) >= 11 is 0. The van der Waals surface area contributed by atoms with Crippen LogP contribution in [0.3, 0.4) is 0 Å². The van der Waals surface area contributed by atoms with Crippen molar-refractivity contribution in [3.63, 3.8) is 0 Å². The van der Waals surface area contributed by atoms with E-state index in [1.807, 2.05) is 0 Å². The average Bonchev–Trinajstić information content (AvgIpc) is 2.47. The van der Waals surface area contributed by atoms with Crippen molar-refractivity contribution in [3.05, 3.63) is 11.6 Å². The fourth-order valence-corrected chi connectivity index (χ4v) is 2.40. The molecule has 0 bridgehead atoms. The molecular formula is C14H27N. The van der Waals surface area contributed by atoms with Crippen LogP contribution < -0.4 is 5.32 Å². The molecule has 0 aliphatic heterocycles. The van der Waals surface area contributed by atoms with Crippen molar-refractivity contribution in [1.29, 1.82) is 0 Å². The Labute approximate surface area is 95.3 Å². The van der Waals surface area contributed by atoms with Crippen molar-refractivity contribution in [3.8, 4) is 0 Å². The minimum Gasteiger partial charge on any atom is -0.313 e. The maximum atomic E-state index is 3.47. The fourth-order valence-electron chi connectivity index (χ4n) is 2.40. The summed E-state index contributed by atoms with van der Waals surface area (Å²) in [7, 11) is 0. The summed E-state index contributed by atoms with van der Waals surface area (Å²) in [6.45, 7) is 6.73. The monoisotopic (exact) mass is 209 g/mol. The topological polar surface area (TPSA) is 12.0 Å². The van der Waals surface area contributed by atoms with Crippen LogP contribution in [0.1, 0.15) is 58.8 Å². The Morgan fingerprint density at radius 3 is 2.47 bits per heavy atom. The van der Waals surface area contributed by atoms with Gasteiger partial charge in [0.25, 0.3) is 0 Å². The van der Waals surface area contributed by atoms with Gasteiger partial charge in [0.15, 0.2) is 0 Å². The average molecular weight is 209 g/mol. The summed E-state index contributed by atoms with van der Waals surface area (Å²) in [6, 6.07) is 0. The van der Waals surface area contributed by atoms with Gasteiger partial charge in [0.1, 0.15) is 0 Å². The third-order valence-electron chi connectivity index (χ3n) is 3.25. The highest BCUT2D eigenvalue weighted by Crippen LogP contribution is 2.24. The van der Waals surface area contributed by atoms with E-state index in [1.165, 1.54) is 50.5 Å². The second kappa shape index (κ2) is 7.92. The first-order valence-electron chi connectivity index (χ1n) is 6.71. The van der Waals surface area contributed by atoms with E-state index in [9.17, 15) is 0 Å². The predicted molar refractivity (Wildman–Crippen MR) is 68.1 cm³/mol. The van der Waals surface area contributed by atoms with Crippen LogP contribution in [0.25, 0.3) is 0 Å². The predicted octanol–water partition coefficient (Wildman–Crippen LogP) is 3.90. The van der Waals surface area contributed by atoms with Gasteiger partial charge in [-0.3, -0.25) is 0 Å². The largest absolute Gasteiger partial charge is 0.313 e. The van der Waals surface area contributed by atoms with E-state index < -0.39 is 0 Å². The molecule has 0 saturated heterocycles. The van der Waals surface area contributed by atoms with Gasteiger partial charge in [0.05, 0.1) is 0 Å². The summed E-state index contributed by atoms with van der Waals surface area (Å²) in [4.78, 5) is 0. The third kappa shape index (κ3) is 5.99. The zero-order valence-corrected chi connectivity index (χ0v) is 10.5. The zero-order chi connectivity index (χ0) is 10.9. The molecule has 0 spiro atoms. The Kier molecular flexibility index (Phi) is 6.74. The van der Waals surface area contributed by atoms with E-state index >= 15 is 0 Å². The number of rotatable bonds is 5. The lowest BCUT2D eigenvalue weighted by Crippen LogP contribution is -2.17. The normalized spacial score (nSPS) is 20.3. The van der Waals surface area contributed by atoms with Gasteiger partial charge in [-0.1, -0.05) is 44.3 Å². The number of hydrogen-bond acceptors (Lipinski definition) is 1. The number of hydrogen-bond donors (Lipinski definition) is 1. The SMILES string of the molecule is CCCNCC(C)=CC1CCCCCC1. The minimum atomic E-state index is 0.871. The van der Waals surface area contributed by atoms with Crippen LogP contribution in [0.2, 0.25) is 0 Å². The van der Waals surface area contributed by atoms with Gasteiger partial charge >= 0.3 is 0 Å². The van der Waals surface area contributed by atoms with Crippen molar-refractivity contribution in [2.45, 2.75) is 58.8 Å². The van der Waals surface area contributed by atoms with Gasteiger partial charge in [-0.2, -0.15) is 0 Å². The molecule has 0 atom stereocenters. The van der Waals surface area contributed by atoms with Crippen LogP contribution in [-0.2, 0) is 0 Å². The van der Waals surface area contributed by atoms with Gasteiger partial charge < -0.3 is 5.32 Å². The maximum absolute atomic E-state index is 3.47. The van der Waals surface area contributed by atoms with E-state index in [1.54, 1.807) is 0 Å². The second-order valence-electron chi connectivity index (χ2n) is 4.94. The van der Waals surface area contributed by atoms with Crippen molar-refractivity contribution in [2.75, 3.05) is 13.1 Å². The molecule has 1 rings (SSSR count). The maximum Gasteiger partial charge on any atom is 0.0161 e. The highest BCUT2D eigenvalue weighted by atomic mass is 14.8. The third-order valence-corrected chi connectivity index (χ3v) is 3.25. The molecule has 15 heavy (non-hydrogen) atoms. The standard InChI is InChI=1S/C14H27N/c1-3-10-15-12-13(2)11-14-8-6-4-5-7-9-14/h11,14-15H,3-10,12H2,1-2H3. The van der Waals surface area contributed by atoms with Crippen LogP contribution in [0.4, 0.5) is 0 Å². The van der Waals surface area contributed by atoms with E-state index in [0.29, 0.717) is 0 Å². The van der Waals surface area contributed by atoms with Crippen molar-refractivity contribution < 1.29 is 0 Å². The Bertz CT molecular complexity index is 176. The van der Waals surface area contributed by atoms with E-state index in [-0.39, 0.29) is 0 Å². The highest BCUT2D eigenvalue weighted by molar-refractivity contribution is 5.03. The molecule has 1 N–H and O–H groups in total. The molecule has 1 aliphatic carbocycles. The van der Waals surface area contributed by atoms with E-state index in [0.717, 1.165) is 19.0 Å². The lowest BCUT2D eigenvalue weighted by Gasteiger charge is -2.11. The lowest BCUT2D eigenvalue weighted by molar-refractivity contribution is 0.553. The van der Waals surface area contributed by atoms with Crippen LogP contribution >= 0.6 is 0 Å². The molecule has 0 radical (unpaired) electrons. The first kappa shape index (κ1) is 12.8. The summed E-state index contributed by atoms with van der Waals surface area (Å²) in [6.07, 6.45) is 12.4. The fraction of sp³-hybridized carbons (Fsp3) is 0.857. The van der Waals surface area contributed by atoms with E-state index in [2.05, 4.69) is 25.2 Å².